The van der Waals surface area contributed by atoms with E-state index in [1.165, 1.54) is 82.9 Å². The lowest BCUT2D eigenvalue weighted by Gasteiger charge is -2.57. The maximum atomic E-state index is 10.1. The van der Waals surface area contributed by atoms with E-state index in [2.05, 4.69) is 152 Å². The van der Waals surface area contributed by atoms with Gasteiger partial charge in [0.25, 0.3) is 0 Å². The number of nitrogens with zero attached hydrogens (tertiary/aromatic N) is 4. The Labute approximate surface area is 344 Å². The van der Waals surface area contributed by atoms with Gasteiger partial charge in [0.2, 0.25) is 0 Å². The van der Waals surface area contributed by atoms with Gasteiger partial charge in [0.15, 0.2) is 17.5 Å². The van der Waals surface area contributed by atoms with Crippen molar-refractivity contribution < 1.29 is 0 Å². The highest BCUT2D eigenvalue weighted by atomic mass is 15.0. The van der Waals surface area contributed by atoms with Crippen molar-refractivity contribution in [2.24, 2.45) is 17.8 Å². The number of fused-ring (bicyclic) bond motifs is 11. The summed E-state index contributed by atoms with van der Waals surface area (Å²) >= 11 is 0. The van der Waals surface area contributed by atoms with Gasteiger partial charge < -0.3 is 0 Å². The van der Waals surface area contributed by atoms with Crippen molar-refractivity contribution in [3.8, 4) is 62.5 Å². The summed E-state index contributed by atoms with van der Waals surface area (Å²) in [5, 5.41) is 12.4. The van der Waals surface area contributed by atoms with E-state index in [1.807, 2.05) is 6.07 Å². The van der Waals surface area contributed by atoms with Gasteiger partial charge in [-0.3, -0.25) is 0 Å². The molecule has 6 aliphatic carbocycles. The fourth-order valence-electron chi connectivity index (χ4n) is 12.9. The molecule has 0 amide bonds. The molecule has 4 heteroatoms. The van der Waals surface area contributed by atoms with E-state index in [0.717, 1.165) is 51.0 Å². The summed E-state index contributed by atoms with van der Waals surface area (Å²) in [5.74, 6) is 4.72. The number of hydrogen-bond donors (Lipinski definition) is 0. The van der Waals surface area contributed by atoms with E-state index in [0.29, 0.717) is 28.5 Å². The fourth-order valence-corrected chi connectivity index (χ4v) is 12.9. The molecule has 7 aromatic carbocycles. The van der Waals surface area contributed by atoms with Crippen molar-refractivity contribution in [2.75, 3.05) is 0 Å². The Morgan fingerprint density at radius 1 is 0.441 bits per heavy atom. The first kappa shape index (κ1) is 33.3. The van der Waals surface area contributed by atoms with Gasteiger partial charge in [0.1, 0.15) is 0 Å². The van der Waals surface area contributed by atoms with Crippen LogP contribution in [0.15, 0.2) is 152 Å². The highest BCUT2D eigenvalue weighted by Crippen LogP contribution is 2.63. The molecule has 4 bridgehead atoms. The molecule has 1 spiro atoms. The summed E-state index contributed by atoms with van der Waals surface area (Å²) in [5.41, 5.74) is 14.5. The van der Waals surface area contributed by atoms with Crippen LogP contribution < -0.4 is 0 Å². The van der Waals surface area contributed by atoms with Gasteiger partial charge in [-0.15, -0.1) is 0 Å². The monoisotopic (exact) mass is 756 g/mol. The van der Waals surface area contributed by atoms with Crippen LogP contribution in [0.25, 0.3) is 67.2 Å². The van der Waals surface area contributed by atoms with Crippen molar-refractivity contribution in [2.45, 2.75) is 49.4 Å². The minimum absolute atomic E-state index is 0.336. The van der Waals surface area contributed by atoms with Gasteiger partial charge in [-0.1, -0.05) is 127 Å². The first-order valence-electron chi connectivity index (χ1n) is 21.3. The molecule has 280 valence electrons. The minimum Gasteiger partial charge on any atom is -0.208 e. The first-order valence-corrected chi connectivity index (χ1v) is 21.3. The van der Waals surface area contributed by atoms with Crippen LogP contribution in [0.4, 0.5) is 0 Å². The molecular formula is C55H40N4. The quantitative estimate of drug-likeness (QED) is 0.179. The van der Waals surface area contributed by atoms with Gasteiger partial charge in [0.05, 0.1) is 17.0 Å². The lowest BCUT2D eigenvalue weighted by atomic mass is 9.48. The Morgan fingerprint density at radius 3 is 1.64 bits per heavy atom. The van der Waals surface area contributed by atoms with Crippen LogP contribution in [0.5, 0.6) is 0 Å². The summed E-state index contributed by atoms with van der Waals surface area (Å²) in [6.07, 6.45) is 8.38. The van der Waals surface area contributed by atoms with E-state index >= 15 is 0 Å². The molecular weight excluding hydrogens is 717 g/mol. The summed E-state index contributed by atoms with van der Waals surface area (Å²) < 4.78 is 0. The van der Waals surface area contributed by atoms with Crippen LogP contribution in [0.2, 0.25) is 0 Å². The molecule has 0 N–H and O–H groups in total. The molecule has 1 atom stereocenters. The molecule has 8 aromatic rings. The first-order chi connectivity index (χ1) is 29.1. The molecule has 6 aliphatic rings. The number of aromatic nitrogens is 3. The number of rotatable bonds is 4. The highest BCUT2D eigenvalue weighted by molar-refractivity contribution is 5.96. The lowest BCUT2D eigenvalue weighted by molar-refractivity contribution is -0.00518. The van der Waals surface area contributed by atoms with E-state index in [1.54, 1.807) is 0 Å². The Bertz CT molecular complexity index is 3080. The summed E-state index contributed by atoms with van der Waals surface area (Å²) in [4.78, 5) is 15.8. The van der Waals surface area contributed by atoms with Gasteiger partial charge in [-0.2, -0.15) is 5.26 Å². The molecule has 1 heterocycles. The largest absolute Gasteiger partial charge is 0.208 e. The topological polar surface area (TPSA) is 62.5 Å². The molecule has 0 aliphatic heterocycles. The Kier molecular flexibility index (Phi) is 6.86. The predicted octanol–water partition coefficient (Wildman–Crippen LogP) is 12.7. The zero-order valence-electron chi connectivity index (χ0n) is 32.7. The second-order valence-electron chi connectivity index (χ2n) is 18.1. The Hall–Kier alpha value is -6.70. The maximum absolute atomic E-state index is 10.1. The Balaban J connectivity index is 0.977. The molecule has 1 aromatic heterocycles. The third-order valence-corrected chi connectivity index (χ3v) is 14.9. The second kappa shape index (κ2) is 12.2. The van der Waals surface area contributed by atoms with Gasteiger partial charge in [0, 0.05) is 16.7 Å². The number of hydrogen-bond acceptors (Lipinski definition) is 4. The fraction of sp³-hybridized carbons (Fsp3) is 0.200. The zero-order chi connectivity index (χ0) is 38.9. The average Bonchev–Trinajstić information content (AvgIpc) is 3.75. The molecule has 4 fully saturated rings. The van der Waals surface area contributed by atoms with Gasteiger partial charge in [-0.25, -0.2) is 15.0 Å². The third-order valence-electron chi connectivity index (χ3n) is 14.9. The lowest BCUT2D eigenvalue weighted by Crippen LogP contribution is -2.48. The van der Waals surface area contributed by atoms with Crippen molar-refractivity contribution in [3.63, 3.8) is 0 Å². The molecule has 0 saturated heterocycles. The van der Waals surface area contributed by atoms with Crippen LogP contribution in [-0.2, 0) is 10.8 Å². The predicted molar refractivity (Wildman–Crippen MR) is 235 cm³/mol. The normalized spacial score (nSPS) is 23.8. The van der Waals surface area contributed by atoms with E-state index in [9.17, 15) is 5.26 Å². The van der Waals surface area contributed by atoms with Crippen molar-refractivity contribution in [3.05, 3.63) is 185 Å². The summed E-state index contributed by atoms with van der Waals surface area (Å²) in [6.45, 7) is 0. The van der Waals surface area contributed by atoms with Crippen LogP contribution in [0.3, 0.4) is 0 Å². The Morgan fingerprint density at radius 2 is 0.966 bits per heavy atom. The van der Waals surface area contributed by atoms with Crippen LogP contribution >= 0.6 is 0 Å². The van der Waals surface area contributed by atoms with Crippen molar-refractivity contribution in [1.29, 1.82) is 5.26 Å². The third kappa shape index (κ3) is 4.73. The summed E-state index contributed by atoms with van der Waals surface area (Å²) in [6, 6.07) is 57.2. The van der Waals surface area contributed by atoms with Crippen LogP contribution in [-0.4, -0.2) is 15.0 Å². The van der Waals surface area contributed by atoms with Crippen molar-refractivity contribution >= 4 is 10.8 Å². The smallest absolute Gasteiger partial charge is 0.164 e. The molecule has 14 rings (SSSR count). The molecule has 0 radical (unpaired) electrons. The standard InChI is InChI=1S/C55H40N4/c56-32-33-13-21-45-43-9-3-5-11-47(43)55(50(45)26-33)48-12-6-4-10-44(48)46-28-41(18-22-49(46)55)53-58-51(57-52(59-53)40-15-14-37-7-1-2-8-39(37)27-40)38-16-19-42(20-17-38)54-29-34-23-35(30-54)25-36(24-34)31-54/h1-22,26-28,34-36H,23-25,29-31H2/t34-,35-,36-,54?,55?. The molecule has 1 unspecified atom stereocenters. The van der Waals surface area contributed by atoms with E-state index in [-0.39, 0.29) is 0 Å². The molecule has 4 saturated carbocycles. The highest BCUT2D eigenvalue weighted by Gasteiger charge is 2.53. The average molecular weight is 757 g/mol. The van der Waals surface area contributed by atoms with E-state index in [4.69, 9.17) is 15.0 Å². The van der Waals surface area contributed by atoms with Crippen molar-refractivity contribution in [1.82, 2.24) is 15.0 Å². The van der Waals surface area contributed by atoms with Crippen LogP contribution in [0, 0.1) is 29.1 Å². The number of nitriles is 1. The summed E-state index contributed by atoms with van der Waals surface area (Å²) in [7, 11) is 0. The SMILES string of the molecule is N#Cc1ccc2c(c1)C1(c3ccccc3-c3cc(-c4nc(-c5ccc(C67C[C@H]8C[C@H](C6)C[C@@H](C7)C8)cc5)nc(-c5ccc6ccccc6c5)n4)ccc31)c1ccccc1-2. The number of benzene rings is 7. The van der Waals surface area contributed by atoms with Crippen LogP contribution in [0.1, 0.15) is 71.9 Å². The zero-order valence-corrected chi connectivity index (χ0v) is 32.7. The molecule has 59 heavy (non-hydrogen) atoms. The minimum atomic E-state index is -0.539. The van der Waals surface area contributed by atoms with Gasteiger partial charge in [-0.05, 0) is 147 Å². The molecule has 4 nitrogen and oxygen atoms in total. The second-order valence-corrected chi connectivity index (χ2v) is 18.1. The van der Waals surface area contributed by atoms with Gasteiger partial charge >= 0.3 is 0 Å². The maximum Gasteiger partial charge on any atom is 0.164 e. The van der Waals surface area contributed by atoms with E-state index < -0.39 is 5.41 Å².